The molecule has 0 unspecified atom stereocenters. The van der Waals surface area contributed by atoms with E-state index in [4.69, 9.17) is 14.6 Å². The van der Waals surface area contributed by atoms with E-state index < -0.39 is 11.8 Å². The number of ether oxygens (including phenoxy) is 2. The van der Waals surface area contributed by atoms with Crippen LogP contribution in [0.4, 0.5) is 21.6 Å². The minimum absolute atomic E-state index is 0.161. The van der Waals surface area contributed by atoms with Gasteiger partial charge in [0.05, 0.1) is 42.1 Å². The zero-order valence-corrected chi connectivity index (χ0v) is 27.8. The third-order valence-corrected chi connectivity index (χ3v) is 11.3. The lowest BCUT2D eigenvalue weighted by atomic mass is 9.91. The molecule has 11 nitrogen and oxygen atoms in total. The number of carbonyl (C=O) groups is 2. The lowest BCUT2D eigenvalue weighted by molar-refractivity contribution is -0.142. The van der Waals surface area contributed by atoms with Crippen LogP contribution < -0.4 is 15.8 Å². The van der Waals surface area contributed by atoms with Crippen molar-refractivity contribution in [1.29, 1.82) is 0 Å². The van der Waals surface area contributed by atoms with Crippen LogP contribution in [0, 0.1) is 5.82 Å². The molecule has 1 aliphatic carbocycles. The first-order valence-corrected chi connectivity index (χ1v) is 17.3. The molecule has 13 heteroatoms. The first-order chi connectivity index (χ1) is 23.2. The highest BCUT2D eigenvalue weighted by molar-refractivity contribution is 7.14. The molecule has 48 heavy (non-hydrogen) atoms. The number of benzene rings is 1. The van der Waals surface area contributed by atoms with E-state index in [1.807, 2.05) is 10.7 Å². The number of thiophene rings is 1. The summed E-state index contributed by atoms with van der Waals surface area (Å²) in [5, 5.41) is 7.91. The van der Waals surface area contributed by atoms with Crippen LogP contribution in [-0.4, -0.2) is 63.5 Å². The van der Waals surface area contributed by atoms with Gasteiger partial charge < -0.3 is 24.3 Å². The Balaban J connectivity index is 1.15. The molecule has 3 aromatic heterocycles. The normalized spacial score (nSPS) is 17.8. The van der Waals surface area contributed by atoms with Gasteiger partial charge in [0.15, 0.2) is 5.82 Å². The van der Waals surface area contributed by atoms with Gasteiger partial charge in [-0.15, -0.1) is 11.3 Å². The fourth-order valence-electron chi connectivity index (χ4n) is 7.37. The molecule has 4 aromatic rings. The van der Waals surface area contributed by atoms with E-state index in [0.717, 1.165) is 74.7 Å². The molecule has 1 saturated heterocycles. The fraction of sp³-hybridized carbons (Fsp3) is 0.429. The van der Waals surface area contributed by atoms with Crippen molar-refractivity contribution in [2.24, 2.45) is 7.05 Å². The van der Waals surface area contributed by atoms with Gasteiger partial charge in [-0.2, -0.15) is 5.10 Å². The molecule has 0 spiro atoms. The van der Waals surface area contributed by atoms with Gasteiger partial charge in [-0.05, 0) is 67.0 Å². The Morgan fingerprint density at radius 1 is 1.08 bits per heavy atom. The number of amides is 1. The monoisotopic (exact) mass is 672 g/mol. The van der Waals surface area contributed by atoms with Gasteiger partial charge >= 0.3 is 5.97 Å². The number of aromatic nitrogens is 3. The minimum atomic E-state index is -0.540. The number of nitrogens with zero attached hydrogens (tertiary/aromatic N) is 5. The average Bonchev–Trinajstić information content (AvgIpc) is 3.62. The molecule has 0 saturated carbocycles. The summed E-state index contributed by atoms with van der Waals surface area (Å²) in [5.41, 5.74) is 5.29. The van der Waals surface area contributed by atoms with Gasteiger partial charge in [0.25, 0.3) is 11.5 Å². The number of pyridine rings is 1. The van der Waals surface area contributed by atoms with Crippen molar-refractivity contribution in [3.63, 3.8) is 0 Å². The number of hydrogen-bond donors (Lipinski definition) is 1. The van der Waals surface area contributed by atoms with Crippen LogP contribution in [0.2, 0.25) is 0 Å². The van der Waals surface area contributed by atoms with Crippen LogP contribution in [0.3, 0.4) is 0 Å². The van der Waals surface area contributed by atoms with Crippen LogP contribution in [0.5, 0.6) is 0 Å². The Bertz CT molecular complexity index is 2010. The molecule has 0 atom stereocenters. The topological polar surface area (TPSA) is 111 Å². The maximum Gasteiger partial charge on any atom is 0.302 e. The smallest absolute Gasteiger partial charge is 0.302 e. The van der Waals surface area contributed by atoms with Crippen LogP contribution in [0.15, 0.2) is 35.3 Å². The van der Waals surface area contributed by atoms with Gasteiger partial charge in [0, 0.05) is 61.9 Å². The molecule has 1 N–H and O–H groups in total. The zero-order chi connectivity index (χ0) is 33.1. The Kier molecular flexibility index (Phi) is 7.92. The molecule has 3 aliphatic heterocycles. The van der Waals surface area contributed by atoms with Crippen molar-refractivity contribution < 1.29 is 23.5 Å². The van der Waals surface area contributed by atoms with Gasteiger partial charge in [0.2, 0.25) is 0 Å². The summed E-state index contributed by atoms with van der Waals surface area (Å²) in [6.07, 6.45) is 6.54. The predicted octanol–water partition coefficient (Wildman–Crippen LogP) is 4.55. The van der Waals surface area contributed by atoms with Crippen molar-refractivity contribution in [2.45, 2.75) is 64.8 Å². The molecule has 250 valence electrons. The van der Waals surface area contributed by atoms with Crippen LogP contribution in [0.1, 0.15) is 56.7 Å². The second-order valence-electron chi connectivity index (χ2n) is 13.0. The molecule has 1 amide bonds. The van der Waals surface area contributed by atoms with Gasteiger partial charge in [-0.1, -0.05) is 0 Å². The number of halogens is 1. The van der Waals surface area contributed by atoms with Crippen molar-refractivity contribution in [3.05, 3.63) is 78.8 Å². The SMILES string of the molecule is CC(=O)OCc1c(-c2cc(Nc3cc4n(n3)CCN(C3COC3)C4)c(=O)n(C)c2)cc(F)cc1N1CCc2c(sc3c2CCCC3)C1=O. The molecule has 1 fully saturated rings. The summed E-state index contributed by atoms with van der Waals surface area (Å²) >= 11 is 1.56. The maximum absolute atomic E-state index is 15.6. The molecular formula is C35H37FN6O5S. The summed E-state index contributed by atoms with van der Waals surface area (Å²) < 4.78 is 29.8. The Labute approximate surface area is 280 Å². The van der Waals surface area contributed by atoms with E-state index in [1.165, 1.54) is 34.1 Å². The number of aryl methyl sites for hydroxylation is 2. The molecule has 6 heterocycles. The quantitative estimate of drug-likeness (QED) is 0.285. The molecule has 0 bridgehead atoms. The van der Waals surface area contributed by atoms with Gasteiger partial charge in [0.1, 0.15) is 18.1 Å². The number of carbonyl (C=O) groups excluding carboxylic acids is 2. The highest BCUT2D eigenvalue weighted by atomic mass is 32.1. The lowest BCUT2D eigenvalue weighted by Gasteiger charge is -2.39. The van der Waals surface area contributed by atoms with Crippen LogP contribution >= 0.6 is 11.3 Å². The number of rotatable bonds is 7. The van der Waals surface area contributed by atoms with E-state index in [2.05, 4.69) is 10.2 Å². The van der Waals surface area contributed by atoms with E-state index >= 15 is 4.39 Å². The van der Waals surface area contributed by atoms with Crippen LogP contribution in [-0.2, 0) is 60.3 Å². The van der Waals surface area contributed by atoms with E-state index in [9.17, 15) is 14.4 Å². The third kappa shape index (κ3) is 5.53. The van der Waals surface area contributed by atoms with E-state index in [-0.39, 0.29) is 23.8 Å². The Hall–Kier alpha value is -4.33. The van der Waals surface area contributed by atoms with Crippen molar-refractivity contribution in [2.75, 3.05) is 36.5 Å². The number of esters is 1. The molecule has 1 aromatic carbocycles. The predicted molar refractivity (Wildman–Crippen MR) is 179 cm³/mol. The van der Waals surface area contributed by atoms with E-state index in [1.54, 1.807) is 35.5 Å². The minimum Gasteiger partial charge on any atom is -0.461 e. The van der Waals surface area contributed by atoms with Gasteiger partial charge in [-0.3, -0.25) is 24.0 Å². The number of anilines is 3. The lowest BCUT2D eigenvalue weighted by Crippen LogP contribution is -2.51. The third-order valence-electron chi connectivity index (χ3n) is 9.93. The van der Waals surface area contributed by atoms with E-state index in [0.29, 0.717) is 47.2 Å². The standard InChI is InChI=1S/C35H37FN6O5S/c1-20(43)47-19-28-27(12-22(36)13-30(28)41-8-7-26-25-5-3-4-6-31(25)48-33(26)35(41)45)21-11-29(34(44)39(2)15-21)37-32-14-23-16-40(24-17-46-18-24)9-10-42(23)38-32/h11-15,24H,3-10,16-19H2,1-2H3,(H,37,38). The maximum atomic E-state index is 15.6. The summed E-state index contributed by atoms with van der Waals surface area (Å²) in [5.74, 6) is -0.655. The second kappa shape index (κ2) is 12.3. The summed E-state index contributed by atoms with van der Waals surface area (Å²) in [6, 6.07) is 6.74. The van der Waals surface area contributed by atoms with Gasteiger partial charge in [-0.25, -0.2) is 4.39 Å². The Morgan fingerprint density at radius 2 is 1.92 bits per heavy atom. The largest absolute Gasteiger partial charge is 0.461 e. The number of hydrogen-bond acceptors (Lipinski definition) is 9. The summed E-state index contributed by atoms with van der Waals surface area (Å²) in [4.78, 5) is 45.4. The molecular weight excluding hydrogens is 635 g/mol. The molecule has 4 aliphatic rings. The number of nitrogens with one attached hydrogen (secondary N) is 1. The first kappa shape index (κ1) is 31.0. The van der Waals surface area contributed by atoms with Crippen molar-refractivity contribution in [1.82, 2.24) is 19.2 Å². The second-order valence-corrected chi connectivity index (χ2v) is 14.2. The summed E-state index contributed by atoms with van der Waals surface area (Å²) in [6.45, 7) is 5.38. The summed E-state index contributed by atoms with van der Waals surface area (Å²) in [7, 11) is 1.63. The van der Waals surface area contributed by atoms with Crippen molar-refractivity contribution in [3.8, 4) is 11.1 Å². The Morgan fingerprint density at radius 3 is 2.71 bits per heavy atom. The van der Waals surface area contributed by atoms with Crippen molar-refractivity contribution >= 4 is 40.4 Å². The molecule has 8 rings (SSSR count). The average molecular weight is 673 g/mol. The highest BCUT2D eigenvalue weighted by Gasteiger charge is 2.34. The number of fused-ring (bicyclic) bond motifs is 4. The molecule has 0 radical (unpaired) electrons. The van der Waals surface area contributed by atoms with Crippen LogP contribution in [0.25, 0.3) is 11.1 Å². The highest BCUT2D eigenvalue weighted by Crippen LogP contribution is 2.41. The fourth-order valence-corrected chi connectivity index (χ4v) is 8.76. The first-order valence-electron chi connectivity index (χ1n) is 16.5. The zero-order valence-electron chi connectivity index (χ0n) is 27.0.